The Bertz CT molecular complexity index is 518. The normalized spacial score (nSPS) is 27.4. The third kappa shape index (κ3) is 2.33. The fourth-order valence-corrected chi connectivity index (χ4v) is 3.26. The summed E-state index contributed by atoms with van der Waals surface area (Å²) in [5, 5.41) is 6.46. The summed E-state index contributed by atoms with van der Waals surface area (Å²) in [6.45, 7) is 0. The first-order chi connectivity index (χ1) is 9.71. The second-order valence-electron chi connectivity index (χ2n) is 5.45. The lowest BCUT2D eigenvalue weighted by molar-refractivity contribution is -0.120. The molecule has 2 fully saturated rings. The lowest BCUT2D eigenvalue weighted by Gasteiger charge is -2.19. The number of methoxy groups -OCH3 is 2. The molecule has 2 bridgehead atoms. The minimum atomic E-state index is 0.0850. The maximum atomic E-state index is 12.3. The van der Waals surface area contributed by atoms with Crippen molar-refractivity contribution in [2.24, 2.45) is 5.92 Å². The molecule has 2 N–H and O–H groups in total. The molecule has 0 saturated carbocycles. The predicted octanol–water partition coefficient (Wildman–Crippen LogP) is 1.78. The van der Waals surface area contributed by atoms with Gasteiger partial charge in [0.25, 0.3) is 0 Å². The van der Waals surface area contributed by atoms with Crippen LogP contribution in [0.1, 0.15) is 19.3 Å². The van der Waals surface area contributed by atoms with E-state index in [2.05, 4.69) is 10.6 Å². The minimum absolute atomic E-state index is 0.0850. The maximum Gasteiger partial charge on any atom is 0.229 e. The molecule has 2 aliphatic heterocycles. The molecule has 2 heterocycles. The lowest BCUT2D eigenvalue weighted by Crippen LogP contribution is -2.32. The Balaban J connectivity index is 1.70. The summed E-state index contributed by atoms with van der Waals surface area (Å²) < 4.78 is 10.4. The van der Waals surface area contributed by atoms with Gasteiger partial charge in [-0.2, -0.15) is 0 Å². The molecule has 3 atom stereocenters. The van der Waals surface area contributed by atoms with Crippen molar-refractivity contribution in [2.75, 3.05) is 19.5 Å². The number of nitrogens with one attached hydrogen (secondary N) is 2. The summed E-state index contributed by atoms with van der Waals surface area (Å²) in [4.78, 5) is 12.3. The average molecular weight is 276 g/mol. The first-order valence-corrected chi connectivity index (χ1v) is 7.00. The Morgan fingerprint density at radius 2 is 2.05 bits per heavy atom. The highest BCUT2D eigenvalue weighted by molar-refractivity contribution is 5.93. The van der Waals surface area contributed by atoms with Crippen molar-refractivity contribution in [1.29, 1.82) is 0 Å². The van der Waals surface area contributed by atoms with E-state index in [0.717, 1.165) is 18.5 Å². The van der Waals surface area contributed by atoms with Gasteiger partial charge >= 0.3 is 0 Å². The first kappa shape index (κ1) is 13.2. The van der Waals surface area contributed by atoms with Crippen molar-refractivity contribution < 1.29 is 14.3 Å². The van der Waals surface area contributed by atoms with Crippen molar-refractivity contribution >= 4 is 11.6 Å². The first-order valence-electron chi connectivity index (χ1n) is 7.00. The van der Waals surface area contributed by atoms with Crippen molar-refractivity contribution in [3.05, 3.63) is 18.2 Å². The fourth-order valence-electron chi connectivity index (χ4n) is 3.26. The summed E-state index contributed by atoms with van der Waals surface area (Å²) in [6, 6.07) is 6.30. The Morgan fingerprint density at radius 1 is 1.25 bits per heavy atom. The third-order valence-corrected chi connectivity index (χ3v) is 4.29. The van der Waals surface area contributed by atoms with E-state index < -0.39 is 0 Å². The summed E-state index contributed by atoms with van der Waals surface area (Å²) in [5.41, 5.74) is 0.746. The molecule has 3 rings (SSSR count). The molecule has 2 aliphatic rings. The number of benzene rings is 1. The van der Waals surface area contributed by atoms with Gasteiger partial charge in [-0.05, 0) is 31.4 Å². The molecule has 3 unspecified atom stereocenters. The summed E-state index contributed by atoms with van der Waals surface area (Å²) in [6.07, 6.45) is 3.25. The fraction of sp³-hybridized carbons (Fsp3) is 0.533. The molecule has 5 heteroatoms. The van der Waals surface area contributed by atoms with Gasteiger partial charge in [-0.25, -0.2) is 0 Å². The standard InChI is InChI=1S/C15H20N2O3/c1-19-13-6-4-10(8-14(13)20-2)17-15(18)11-7-9-3-5-12(11)16-9/h4,6,8-9,11-12,16H,3,5,7H2,1-2H3,(H,17,18). The number of hydrogen-bond acceptors (Lipinski definition) is 4. The molecule has 0 radical (unpaired) electrons. The quantitative estimate of drug-likeness (QED) is 0.880. The Kier molecular flexibility index (Phi) is 3.53. The molecule has 0 aliphatic carbocycles. The minimum Gasteiger partial charge on any atom is -0.493 e. The largest absolute Gasteiger partial charge is 0.493 e. The lowest BCUT2D eigenvalue weighted by atomic mass is 9.88. The summed E-state index contributed by atoms with van der Waals surface area (Å²) in [5.74, 6) is 1.46. The van der Waals surface area contributed by atoms with Gasteiger partial charge in [0.2, 0.25) is 5.91 Å². The third-order valence-electron chi connectivity index (χ3n) is 4.29. The van der Waals surface area contributed by atoms with Crippen LogP contribution in [0.2, 0.25) is 0 Å². The zero-order valence-corrected chi connectivity index (χ0v) is 11.8. The highest BCUT2D eigenvalue weighted by Crippen LogP contribution is 2.35. The molecular formula is C15H20N2O3. The average Bonchev–Trinajstić information content (AvgIpc) is 3.09. The number of anilines is 1. The van der Waals surface area contributed by atoms with Gasteiger partial charge in [-0.3, -0.25) is 4.79 Å². The van der Waals surface area contributed by atoms with Gasteiger partial charge in [0.05, 0.1) is 20.1 Å². The topological polar surface area (TPSA) is 59.6 Å². The Morgan fingerprint density at radius 3 is 2.65 bits per heavy atom. The number of ether oxygens (including phenoxy) is 2. The van der Waals surface area contributed by atoms with Crippen molar-refractivity contribution in [3.8, 4) is 11.5 Å². The second-order valence-corrected chi connectivity index (χ2v) is 5.45. The molecule has 5 nitrogen and oxygen atoms in total. The van der Waals surface area contributed by atoms with Gasteiger partial charge in [0.1, 0.15) is 0 Å². The van der Waals surface area contributed by atoms with E-state index in [4.69, 9.17) is 9.47 Å². The van der Waals surface area contributed by atoms with Crippen LogP contribution in [-0.2, 0) is 4.79 Å². The molecule has 0 aromatic heterocycles. The van der Waals surface area contributed by atoms with Gasteiger partial charge < -0.3 is 20.1 Å². The van der Waals surface area contributed by atoms with Crippen LogP contribution < -0.4 is 20.1 Å². The van der Waals surface area contributed by atoms with E-state index in [1.807, 2.05) is 6.07 Å². The molecule has 20 heavy (non-hydrogen) atoms. The SMILES string of the molecule is COc1ccc(NC(=O)C2CC3CCC2N3)cc1OC. The zero-order chi connectivity index (χ0) is 14.1. The van der Waals surface area contributed by atoms with Crippen LogP contribution in [-0.4, -0.2) is 32.2 Å². The Hall–Kier alpha value is -1.75. The predicted molar refractivity (Wildman–Crippen MR) is 76.2 cm³/mol. The number of carbonyl (C=O) groups excluding carboxylic acids is 1. The number of carbonyl (C=O) groups is 1. The van der Waals surface area contributed by atoms with Gasteiger partial charge in [0.15, 0.2) is 11.5 Å². The molecule has 1 amide bonds. The summed E-state index contributed by atoms with van der Waals surface area (Å²) >= 11 is 0. The molecular weight excluding hydrogens is 256 g/mol. The second kappa shape index (κ2) is 5.32. The highest BCUT2D eigenvalue weighted by atomic mass is 16.5. The van der Waals surface area contributed by atoms with E-state index in [9.17, 15) is 4.79 Å². The van der Waals surface area contributed by atoms with E-state index in [1.165, 1.54) is 6.42 Å². The maximum absolute atomic E-state index is 12.3. The van der Waals surface area contributed by atoms with E-state index in [0.29, 0.717) is 23.6 Å². The van der Waals surface area contributed by atoms with E-state index in [-0.39, 0.29) is 11.8 Å². The van der Waals surface area contributed by atoms with Crippen LogP contribution in [0.3, 0.4) is 0 Å². The molecule has 0 spiro atoms. The summed E-state index contributed by atoms with van der Waals surface area (Å²) in [7, 11) is 3.18. The van der Waals surface area contributed by atoms with Crippen LogP contribution in [0.4, 0.5) is 5.69 Å². The van der Waals surface area contributed by atoms with Gasteiger partial charge in [-0.15, -0.1) is 0 Å². The van der Waals surface area contributed by atoms with Crippen LogP contribution in [0.5, 0.6) is 11.5 Å². The molecule has 108 valence electrons. The highest BCUT2D eigenvalue weighted by Gasteiger charge is 2.42. The van der Waals surface area contributed by atoms with Crippen molar-refractivity contribution in [2.45, 2.75) is 31.3 Å². The van der Waals surface area contributed by atoms with E-state index >= 15 is 0 Å². The molecule has 2 saturated heterocycles. The van der Waals surface area contributed by atoms with Gasteiger partial charge in [-0.1, -0.05) is 0 Å². The van der Waals surface area contributed by atoms with Crippen LogP contribution >= 0.6 is 0 Å². The molecule has 1 aromatic rings. The van der Waals surface area contributed by atoms with Crippen molar-refractivity contribution in [3.63, 3.8) is 0 Å². The van der Waals surface area contributed by atoms with Crippen LogP contribution in [0.25, 0.3) is 0 Å². The number of rotatable bonds is 4. The number of amides is 1. The van der Waals surface area contributed by atoms with Crippen LogP contribution in [0, 0.1) is 5.92 Å². The number of fused-ring (bicyclic) bond motifs is 2. The molecule has 1 aromatic carbocycles. The van der Waals surface area contributed by atoms with Crippen molar-refractivity contribution in [1.82, 2.24) is 5.32 Å². The zero-order valence-electron chi connectivity index (χ0n) is 11.8. The monoisotopic (exact) mass is 276 g/mol. The van der Waals surface area contributed by atoms with E-state index in [1.54, 1.807) is 26.4 Å². The Labute approximate surface area is 118 Å². The number of hydrogen-bond donors (Lipinski definition) is 2. The smallest absolute Gasteiger partial charge is 0.229 e. The van der Waals surface area contributed by atoms with Crippen LogP contribution in [0.15, 0.2) is 18.2 Å². The van der Waals surface area contributed by atoms with Gasteiger partial charge in [0, 0.05) is 23.8 Å².